The Morgan fingerprint density at radius 1 is 1.00 bits per heavy atom. The summed E-state index contributed by atoms with van der Waals surface area (Å²) in [6, 6.07) is 1.97. The van der Waals surface area contributed by atoms with Crippen molar-refractivity contribution < 1.29 is 8.85 Å². The van der Waals surface area contributed by atoms with E-state index in [1.807, 2.05) is 12.2 Å². The molecule has 0 atom stereocenters. The quantitative estimate of drug-likeness (QED) is 0.384. The van der Waals surface area contributed by atoms with Gasteiger partial charge in [0.2, 0.25) is 0 Å². The molecule has 0 radical (unpaired) electrons. The Labute approximate surface area is 105 Å². The average Bonchev–Trinajstić information content (AvgIpc) is 1.99. The van der Waals surface area contributed by atoms with Crippen molar-refractivity contribution in [3.05, 3.63) is 25.3 Å². The van der Waals surface area contributed by atoms with Crippen molar-refractivity contribution in [1.82, 2.24) is 0 Å². The van der Waals surface area contributed by atoms with E-state index in [1.54, 1.807) is 0 Å². The molecule has 0 saturated heterocycles. The molecule has 0 aliphatic heterocycles. The molecule has 0 N–H and O–H groups in total. The summed E-state index contributed by atoms with van der Waals surface area (Å²) in [7, 11) is -2.28. The molecule has 5 heteroatoms. The Bertz CT molecular complexity index is 215. The highest BCUT2D eigenvalue weighted by Crippen LogP contribution is 2.18. The van der Waals surface area contributed by atoms with E-state index in [9.17, 15) is 0 Å². The molecule has 0 spiro atoms. The maximum atomic E-state index is 6.07. The summed E-state index contributed by atoms with van der Waals surface area (Å²) in [5.74, 6) is 0.0308. The molecule has 94 valence electrons. The molecule has 0 bridgehead atoms. The van der Waals surface area contributed by atoms with Gasteiger partial charge in [-0.2, -0.15) is 0 Å². The van der Waals surface area contributed by atoms with Gasteiger partial charge in [0.1, 0.15) is 5.91 Å². The lowest BCUT2D eigenvalue weighted by atomic mass is 10.8. The largest absolute Gasteiger partial charge is 0.397 e. The molecule has 0 aromatic rings. The van der Waals surface area contributed by atoms with Gasteiger partial charge in [0, 0.05) is 0 Å². The maximum absolute atomic E-state index is 6.07. The molecular formula is C11H26O2Si3. The fourth-order valence-electron chi connectivity index (χ4n) is 1.71. The van der Waals surface area contributed by atoms with Gasteiger partial charge < -0.3 is 8.85 Å². The Hall–Kier alpha value is 0.0506. The lowest BCUT2D eigenvalue weighted by molar-refractivity contribution is 0.0624. The molecule has 0 amide bonds. The number of hydrogen-bond acceptors (Lipinski definition) is 2. The molecular weight excluding hydrogens is 248 g/mol. The van der Waals surface area contributed by atoms with Gasteiger partial charge in [-0.25, -0.2) is 0 Å². The van der Waals surface area contributed by atoms with E-state index >= 15 is 0 Å². The van der Waals surface area contributed by atoms with Crippen LogP contribution >= 0.6 is 0 Å². The average molecular weight is 275 g/mol. The third-order valence-corrected chi connectivity index (χ3v) is 8.14. The van der Waals surface area contributed by atoms with Gasteiger partial charge in [-0.05, 0) is 38.3 Å². The van der Waals surface area contributed by atoms with Crippen LogP contribution in [0.15, 0.2) is 25.3 Å². The first-order valence-corrected chi connectivity index (χ1v) is 13.2. The standard InChI is InChI=1S/C11H26O2Si3/c1-7-9-15(3,4)12-11(14)13-16(5,6)10-8-2/h7-8,11H,1-2,9-10H2,3-6,14H3. The van der Waals surface area contributed by atoms with Gasteiger partial charge in [-0.3, -0.25) is 0 Å². The van der Waals surface area contributed by atoms with Crippen molar-refractivity contribution in [1.29, 1.82) is 0 Å². The molecule has 2 nitrogen and oxygen atoms in total. The monoisotopic (exact) mass is 274 g/mol. The molecule has 0 unspecified atom stereocenters. The van der Waals surface area contributed by atoms with E-state index in [4.69, 9.17) is 8.85 Å². The third kappa shape index (κ3) is 7.34. The predicted molar refractivity (Wildman–Crippen MR) is 80.9 cm³/mol. The fourth-order valence-corrected chi connectivity index (χ4v) is 9.11. The highest BCUT2D eigenvalue weighted by atomic mass is 28.4. The molecule has 0 aromatic carbocycles. The van der Waals surface area contributed by atoms with Gasteiger partial charge in [0.25, 0.3) is 0 Å². The van der Waals surface area contributed by atoms with Crippen LogP contribution in [0.5, 0.6) is 0 Å². The van der Waals surface area contributed by atoms with Crippen molar-refractivity contribution in [2.45, 2.75) is 44.2 Å². The Kier molecular flexibility index (Phi) is 6.73. The van der Waals surface area contributed by atoms with Crippen LogP contribution in [0.25, 0.3) is 0 Å². The number of rotatable bonds is 8. The first-order chi connectivity index (χ1) is 7.22. The van der Waals surface area contributed by atoms with Crippen LogP contribution in [-0.2, 0) is 8.85 Å². The SMILES string of the molecule is C=CC[Si](C)(C)OC([SiH3])O[Si](C)(C)CC=C. The van der Waals surface area contributed by atoms with Gasteiger partial charge in [0.15, 0.2) is 16.6 Å². The van der Waals surface area contributed by atoms with Crippen molar-refractivity contribution in [2.24, 2.45) is 0 Å². The van der Waals surface area contributed by atoms with E-state index in [1.165, 1.54) is 0 Å². The zero-order valence-corrected chi connectivity index (χ0v) is 15.4. The van der Waals surface area contributed by atoms with Gasteiger partial charge in [-0.15, -0.1) is 13.2 Å². The summed E-state index contributed by atoms with van der Waals surface area (Å²) in [5, 5.41) is 0. The number of allylic oxidation sites excluding steroid dienone is 2. The highest BCUT2D eigenvalue weighted by molar-refractivity contribution is 6.73. The zero-order valence-electron chi connectivity index (χ0n) is 11.4. The van der Waals surface area contributed by atoms with Gasteiger partial charge >= 0.3 is 0 Å². The van der Waals surface area contributed by atoms with Crippen LogP contribution in [0.3, 0.4) is 0 Å². The van der Waals surface area contributed by atoms with Crippen LogP contribution in [-0.4, -0.2) is 32.8 Å². The molecule has 0 saturated carbocycles. The minimum atomic E-state index is -1.60. The second-order valence-electron chi connectivity index (χ2n) is 5.31. The van der Waals surface area contributed by atoms with Crippen LogP contribution in [0.1, 0.15) is 0 Å². The van der Waals surface area contributed by atoms with Crippen LogP contribution in [0.2, 0.25) is 38.3 Å². The van der Waals surface area contributed by atoms with E-state index in [-0.39, 0.29) is 5.91 Å². The Morgan fingerprint density at radius 3 is 1.56 bits per heavy atom. The third-order valence-electron chi connectivity index (χ3n) is 2.24. The minimum absolute atomic E-state index is 0.0308. The fraction of sp³-hybridized carbons (Fsp3) is 0.636. The van der Waals surface area contributed by atoms with Crippen molar-refractivity contribution in [2.75, 3.05) is 0 Å². The molecule has 0 aliphatic carbocycles. The van der Waals surface area contributed by atoms with Crippen LogP contribution in [0, 0.1) is 0 Å². The van der Waals surface area contributed by atoms with Gasteiger partial charge in [0.05, 0.1) is 10.2 Å². The van der Waals surface area contributed by atoms with Crippen LogP contribution < -0.4 is 0 Å². The summed E-state index contributed by atoms with van der Waals surface area (Å²) in [6.45, 7) is 16.4. The normalized spacial score (nSPS) is 13.1. The number of hydrogen-bond donors (Lipinski definition) is 0. The second kappa shape index (κ2) is 6.71. The minimum Gasteiger partial charge on any atom is -0.397 e. The Morgan fingerprint density at radius 2 is 1.31 bits per heavy atom. The first kappa shape index (κ1) is 16.1. The Balaban J connectivity index is 4.21. The maximum Gasteiger partial charge on any atom is 0.193 e. The lowest BCUT2D eigenvalue weighted by Crippen LogP contribution is -2.42. The first-order valence-electron chi connectivity index (χ1n) is 5.80. The molecule has 0 aliphatic rings. The predicted octanol–water partition coefficient (Wildman–Crippen LogP) is 2.45. The van der Waals surface area contributed by atoms with Crippen molar-refractivity contribution in [3.63, 3.8) is 0 Å². The summed E-state index contributed by atoms with van der Waals surface area (Å²) in [6.07, 6.45) is 3.90. The molecule has 0 heterocycles. The summed E-state index contributed by atoms with van der Waals surface area (Å²) >= 11 is 0. The zero-order chi connectivity index (χ0) is 12.8. The van der Waals surface area contributed by atoms with E-state index in [0.29, 0.717) is 0 Å². The van der Waals surface area contributed by atoms with Crippen molar-refractivity contribution in [3.8, 4) is 0 Å². The molecule has 0 fully saturated rings. The molecule has 16 heavy (non-hydrogen) atoms. The van der Waals surface area contributed by atoms with E-state index in [0.717, 1.165) is 22.3 Å². The van der Waals surface area contributed by atoms with Gasteiger partial charge in [-0.1, -0.05) is 12.2 Å². The smallest absolute Gasteiger partial charge is 0.193 e. The van der Waals surface area contributed by atoms with E-state index in [2.05, 4.69) is 39.3 Å². The summed E-state index contributed by atoms with van der Waals surface area (Å²) in [5.41, 5.74) is 0. The van der Waals surface area contributed by atoms with E-state index < -0.39 is 16.6 Å². The van der Waals surface area contributed by atoms with Crippen molar-refractivity contribution >= 4 is 26.9 Å². The molecule has 0 aromatic heterocycles. The van der Waals surface area contributed by atoms with Crippen LogP contribution in [0.4, 0.5) is 0 Å². The topological polar surface area (TPSA) is 18.5 Å². The summed E-state index contributed by atoms with van der Waals surface area (Å²) < 4.78 is 12.1. The molecule has 0 rings (SSSR count). The second-order valence-corrected chi connectivity index (χ2v) is 14.6. The highest BCUT2D eigenvalue weighted by Gasteiger charge is 2.28. The summed E-state index contributed by atoms with van der Waals surface area (Å²) in [4.78, 5) is 0. The lowest BCUT2D eigenvalue weighted by Gasteiger charge is -2.32.